The largest absolute Gasteiger partial charge is 0.477 e. The molecular formula is C8H9N3O3. The third kappa shape index (κ3) is 4.17. The lowest BCUT2D eigenvalue weighted by atomic mass is 10.3. The van der Waals surface area contributed by atoms with Crippen LogP contribution in [0.1, 0.15) is 5.56 Å². The van der Waals surface area contributed by atoms with Crippen molar-refractivity contribution in [2.45, 2.75) is 6.61 Å². The molecule has 0 aromatic carbocycles. The lowest BCUT2D eigenvalue weighted by molar-refractivity contribution is -0.128. The number of nitrogens with zero attached hydrogens (tertiary/aromatic N) is 2. The van der Waals surface area contributed by atoms with Crippen molar-refractivity contribution in [3.8, 4) is 0 Å². The zero-order valence-corrected chi connectivity index (χ0v) is 7.25. The Balaban J connectivity index is 2.19. The van der Waals surface area contributed by atoms with Crippen LogP contribution < -0.4 is 5.59 Å². The minimum absolute atomic E-state index is 0.291. The number of nitrogens with one attached hydrogen (secondary N) is 1. The van der Waals surface area contributed by atoms with Gasteiger partial charge in [0.2, 0.25) is 0 Å². The van der Waals surface area contributed by atoms with Gasteiger partial charge in [-0.25, -0.2) is 4.79 Å². The van der Waals surface area contributed by atoms with Gasteiger partial charge in [-0.05, 0) is 17.7 Å². The van der Waals surface area contributed by atoms with E-state index < -0.39 is 5.97 Å². The standard InChI is InChI=1S/C8H9N3O3/c12-8(13)5-10-11-14-6-7-1-3-9-4-2-7/h1-5,11H,6H2,(H,12,13)/b10-5+. The monoisotopic (exact) mass is 195 g/mol. The third-order valence-corrected chi connectivity index (χ3v) is 1.28. The van der Waals surface area contributed by atoms with Gasteiger partial charge in [0.05, 0.1) is 0 Å². The summed E-state index contributed by atoms with van der Waals surface area (Å²) in [6, 6.07) is 3.56. The lowest BCUT2D eigenvalue weighted by Gasteiger charge is -2.00. The summed E-state index contributed by atoms with van der Waals surface area (Å²) in [5, 5.41) is 11.5. The van der Waals surface area contributed by atoms with E-state index in [1.165, 1.54) is 0 Å². The summed E-state index contributed by atoms with van der Waals surface area (Å²) in [6.45, 7) is 0.291. The van der Waals surface area contributed by atoms with Crippen molar-refractivity contribution < 1.29 is 14.7 Å². The van der Waals surface area contributed by atoms with E-state index in [1.807, 2.05) is 0 Å². The highest BCUT2D eigenvalue weighted by atomic mass is 16.7. The van der Waals surface area contributed by atoms with Crippen LogP contribution in [-0.2, 0) is 16.2 Å². The SMILES string of the molecule is O=C(O)/C=N/NOCc1ccncc1. The molecule has 1 rings (SSSR count). The molecule has 6 nitrogen and oxygen atoms in total. The quantitative estimate of drug-likeness (QED) is 0.397. The molecule has 0 saturated heterocycles. The number of rotatable bonds is 5. The zero-order valence-electron chi connectivity index (χ0n) is 7.25. The van der Waals surface area contributed by atoms with E-state index in [0.717, 1.165) is 5.56 Å². The fraction of sp³-hybridized carbons (Fsp3) is 0.125. The Bertz CT molecular complexity index is 313. The summed E-state index contributed by atoms with van der Waals surface area (Å²) >= 11 is 0. The van der Waals surface area contributed by atoms with Crippen molar-refractivity contribution in [3.05, 3.63) is 30.1 Å². The molecule has 0 amide bonds. The first kappa shape index (κ1) is 10.1. The van der Waals surface area contributed by atoms with Crippen LogP contribution in [0.25, 0.3) is 0 Å². The fourth-order valence-corrected chi connectivity index (χ4v) is 0.713. The molecule has 0 atom stereocenters. The summed E-state index contributed by atoms with van der Waals surface area (Å²) in [4.78, 5) is 18.6. The minimum atomic E-state index is -1.13. The molecule has 0 aliphatic rings. The molecule has 0 aliphatic carbocycles. The molecule has 0 spiro atoms. The first-order valence-electron chi connectivity index (χ1n) is 3.80. The smallest absolute Gasteiger partial charge is 0.348 e. The second kappa shape index (κ2) is 5.65. The van der Waals surface area contributed by atoms with E-state index in [2.05, 4.69) is 15.7 Å². The average molecular weight is 195 g/mol. The van der Waals surface area contributed by atoms with E-state index in [9.17, 15) is 4.79 Å². The summed E-state index contributed by atoms with van der Waals surface area (Å²) in [6.07, 6.45) is 3.98. The molecule has 14 heavy (non-hydrogen) atoms. The summed E-state index contributed by atoms with van der Waals surface area (Å²) in [5.41, 5.74) is 3.05. The van der Waals surface area contributed by atoms with Gasteiger partial charge in [0.25, 0.3) is 0 Å². The number of aromatic nitrogens is 1. The Hall–Kier alpha value is -1.95. The van der Waals surface area contributed by atoms with E-state index in [4.69, 9.17) is 9.94 Å². The molecule has 74 valence electrons. The van der Waals surface area contributed by atoms with Crippen LogP contribution in [0.5, 0.6) is 0 Å². The van der Waals surface area contributed by atoms with Crippen LogP contribution >= 0.6 is 0 Å². The molecule has 0 saturated carbocycles. The number of pyridine rings is 1. The van der Waals surface area contributed by atoms with Crippen molar-refractivity contribution in [3.63, 3.8) is 0 Å². The predicted octanol–water partition coefficient (Wildman–Crippen LogP) is 0.173. The van der Waals surface area contributed by atoms with Crippen molar-refractivity contribution >= 4 is 12.2 Å². The highest BCUT2D eigenvalue weighted by Gasteiger charge is 1.90. The lowest BCUT2D eigenvalue weighted by Crippen LogP contribution is -2.09. The summed E-state index contributed by atoms with van der Waals surface area (Å²) in [5.74, 6) is -1.13. The second-order valence-corrected chi connectivity index (χ2v) is 2.33. The van der Waals surface area contributed by atoms with Crippen LogP contribution in [0, 0.1) is 0 Å². The van der Waals surface area contributed by atoms with Gasteiger partial charge in [-0.1, -0.05) is 0 Å². The molecular weight excluding hydrogens is 186 g/mol. The van der Waals surface area contributed by atoms with Gasteiger partial charge >= 0.3 is 5.97 Å². The number of carboxylic acids is 1. The Morgan fingerprint density at radius 3 is 3.00 bits per heavy atom. The minimum Gasteiger partial charge on any atom is -0.477 e. The normalized spacial score (nSPS) is 10.3. The Morgan fingerprint density at radius 2 is 2.36 bits per heavy atom. The second-order valence-electron chi connectivity index (χ2n) is 2.33. The molecule has 1 heterocycles. The van der Waals surface area contributed by atoms with Crippen LogP contribution in [0.15, 0.2) is 29.6 Å². The molecule has 0 radical (unpaired) electrons. The van der Waals surface area contributed by atoms with Crippen LogP contribution in [-0.4, -0.2) is 22.3 Å². The van der Waals surface area contributed by atoms with Crippen LogP contribution in [0.4, 0.5) is 0 Å². The van der Waals surface area contributed by atoms with Gasteiger partial charge < -0.3 is 5.11 Å². The maximum atomic E-state index is 9.98. The van der Waals surface area contributed by atoms with Crippen molar-refractivity contribution in [1.82, 2.24) is 10.6 Å². The molecule has 0 bridgehead atoms. The highest BCUT2D eigenvalue weighted by Crippen LogP contribution is 1.96. The Kier molecular flexibility index (Phi) is 4.09. The third-order valence-electron chi connectivity index (χ3n) is 1.28. The maximum Gasteiger partial charge on any atom is 0.348 e. The van der Waals surface area contributed by atoms with E-state index in [1.54, 1.807) is 24.5 Å². The first-order chi connectivity index (χ1) is 6.79. The molecule has 6 heteroatoms. The van der Waals surface area contributed by atoms with E-state index in [-0.39, 0.29) is 0 Å². The number of hydrogen-bond acceptors (Lipinski definition) is 5. The van der Waals surface area contributed by atoms with Crippen LogP contribution in [0.2, 0.25) is 0 Å². The molecule has 1 aromatic heterocycles. The van der Waals surface area contributed by atoms with E-state index in [0.29, 0.717) is 12.8 Å². The van der Waals surface area contributed by atoms with Gasteiger partial charge in [0.15, 0.2) is 0 Å². The number of hydrazone groups is 1. The van der Waals surface area contributed by atoms with Gasteiger partial charge in [0, 0.05) is 12.4 Å². The predicted molar refractivity (Wildman–Crippen MR) is 48.3 cm³/mol. The molecule has 1 aromatic rings. The first-order valence-corrected chi connectivity index (χ1v) is 3.80. The maximum absolute atomic E-state index is 9.98. The van der Waals surface area contributed by atoms with Gasteiger partial charge in [-0.15, -0.1) is 0 Å². The summed E-state index contributed by atoms with van der Waals surface area (Å²) in [7, 11) is 0. The number of carbonyl (C=O) groups is 1. The van der Waals surface area contributed by atoms with Crippen molar-refractivity contribution in [1.29, 1.82) is 0 Å². The molecule has 2 N–H and O–H groups in total. The summed E-state index contributed by atoms with van der Waals surface area (Å²) < 4.78 is 0. The Labute approximate surface area is 80.2 Å². The highest BCUT2D eigenvalue weighted by molar-refractivity contribution is 6.21. The molecule has 0 aliphatic heterocycles. The molecule has 0 unspecified atom stereocenters. The van der Waals surface area contributed by atoms with Crippen LogP contribution in [0.3, 0.4) is 0 Å². The van der Waals surface area contributed by atoms with E-state index >= 15 is 0 Å². The zero-order chi connectivity index (χ0) is 10.2. The van der Waals surface area contributed by atoms with Gasteiger partial charge in [-0.2, -0.15) is 10.7 Å². The van der Waals surface area contributed by atoms with Crippen molar-refractivity contribution in [2.24, 2.45) is 5.10 Å². The van der Waals surface area contributed by atoms with Gasteiger partial charge in [-0.3, -0.25) is 9.82 Å². The number of hydrogen-bond donors (Lipinski definition) is 2. The fourth-order valence-electron chi connectivity index (χ4n) is 0.713. The van der Waals surface area contributed by atoms with Gasteiger partial charge in [0.1, 0.15) is 12.8 Å². The average Bonchev–Trinajstić information content (AvgIpc) is 2.18. The topological polar surface area (TPSA) is 83.8 Å². The number of aliphatic carboxylic acids is 1. The van der Waals surface area contributed by atoms with Crippen molar-refractivity contribution in [2.75, 3.05) is 0 Å². The number of carboxylic acid groups (broad SMARTS) is 1. The molecule has 0 fully saturated rings. The Morgan fingerprint density at radius 1 is 1.64 bits per heavy atom.